The second kappa shape index (κ2) is 18.8. The molecule has 0 fully saturated rings. The molecule has 0 saturated carbocycles. The molecule has 0 aliphatic carbocycles. The van der Waals surface area contributed by atoms with Gasteiger partial charge in [-0.1, -0.05) is 24.3 Å². The molecule has 0 aliphatic rings. The van der Waals surface area contributed by atoms with Crippen molar-refractivity contribution in [2.45, 2.75) is 0 Å². The number of aromatic nitrogens is 4. The average Bonchev–Trinajstić information content (AvgIpc) is 2.80. The van der Waals surface area contributed by atoms with Crippen LogP contribution in [0.4, 0.5) is 25.2 Å². The number of pyridine rings is 4. The predicted molar refractivity (Wildman–Crippen MR) is 136 cm³/mol. The second-order valence-corrected chi connectivity index (χ2v) is 9.96. The Labute approximate surface area is 243 Å². The maximum absolute atomic E-state index is 10.7. The third kappa shape index (κ3) is 28.4. The largest absolute Gasteiger partial charge is 2.00 e. The van der Waals surface area contributed by atoms with Gasteiger partial charge in [-0.2, -0.15) is 0 Å². The molecular weight excluding hydrogens is 682 g/mol. The normalized spacial score (nSPS) is 11.0. The number of hydrogen-bond donors (Lipinski definition) is 0. The molecule has 4 rings (SSSR count). The van der Waals surface area contributed by atoms with E-state index in [9.17, 15) is 29.4 Å². The van der Waals surface area contributed by atoms with Crippen molar-refractivity contribution in [3.8, 4) is 22.8 Å². The molecule has 4 aromatic heterocycles. The summed E-state index contributed by atoms with van der Waals surface area (Å²) in [6, 6.07) is 23.2. The van der Waals surface area contributed by atoms with Gasteiger partial charge in [-0.05, 0) is 48.5 Å². The Morgan fingerprint density at radius 3 is 0.795 bits per heavy atom. The van der Waals surface area contributed by atoms with Crippen LogP contribution in [-0.2, 0) is 30.3 Å². The quantitative estimate of drug-likeness (QED) is 0.180. The van der Waals surface area contributed by atoms with Crippen molar-refractivity contribution in [1.82, 2.24) is 19.9 Å². The zero-order chi connectivity index (χ0) is 26.4. The summed E-state index contributed by atoms with van der Waals surface area (Å²) in [6.07, 6.45) is 10.3. The molecule has 0 radical (unpaired) electrons. The van der Waals surface area contributed by atoms with E-state index in [-0.39, 0.29) is 42.8 Å². The smallest absolute Gasteiger partial charge is 1.00 e. The summed E-state index contributed by atoms with van der Waals surface area (Å²) >= 11 is 0. The van der Waals surface area contributed by atoms with Gasteiger partial charge in [0.05, 0.1) is 22.8 Å². The van der Waals surface area contributed by atoms with E-state index in [1.807, 2.05) is 72.8 Å². The summed E-state index contributed by atoms with van der Waals surface area (Å²) in [6.45, 7) is 0. The summed E-state index contributed by atoms with van der Waals surface area (Å²) in [7, 11) is -11.3. The van der Waals surface area contributed by atoms with Gasteiger partial charge in [0.15, 0.2) is 0 Å². The van der Waals surface area contributed by atoms with Gasteiger partial charge in [-0.3, -0.25) is 24.1 Å². The zero-order valence-corrected chi connectivity index (χ0v) is 24.5. The predicted octanol–water partition coefficient (Wildman–Crippen LogP) is 3.02. The summed E-state index contributed by atoms with van der Waals surface area (Å²) < 4.78 is 68.8. The SMILES string of the molecule is CS(C)=O.F[P-](F)(F)(F)(F)F.O.O.[Cl-].[Ru+2].c1ccc(-c2ccccn2)nc1.c1ccc(-c2ccccn2)nc1. The molecule has 220 valence electrons. The average molecular weight is 708 g/mol. The minimum absolute atomic E-state index is 0. The van der Waals surface area contributed by atoms with Gasteiger partial charge < -0.3 is 23.4 Å². The molecule has 4 N–H and O–H groups in total. The second-order valence-electron chi connectivity index (χ2n) is 6.56. The van der Waals surface area contributed by atoms with Gasteiger partial charge in [0, 0.05) is 48.1 Å². The fraction of sp³-hybridized carbons (Fsp3) is 0.0909. The summed E-state index contributed by atoms with van der Waals surface area (Å²) in [5, 5.41) is 0. The first-order valence-electron chi connectivity index (χ1n) is 9.58. The molecule has 0 amide bonds. The van der Waals surface area contributed by atoms with Crippen LogP contribution in [0.3, 0.4) is 0 Å². The Balaban J connectivity index is -0.000000216. The minimum Gasteiger partial charge on any atom is -1.00 e. The van der Waals surface area contributed by atoms with Gasteiger partial charge in [0.25, 0.3) is 0 Å². The topological polar surface area (TPSA) is 132 Å². The number of hydrogen-bond acceptors (Lipinski definition) is 5. The fourth-order valence-electron chi connectivity index (χ4n) is 2.06. The van der Waals surface area contributed by atoms with Crippen molar-refractivity contribution in [3.05, 3.63) is 97.6 Å². The van der Waals surface area contributed by atoms with Crippen LogP contribution in [-0.4, -0.2) is 47.6 Å². The summed E-state index contributed by atoms with van der Waals surface area (Å²) in [4.78, 5) is 16.7. The molecule has 0 bridgehead atoms. The Kier molecular flexibility index (Phi) is 21.0. The first-order valence-corrected chi connectivity index (χ1v) is 13.6. The first-order chi connectivity index (χ1) is 16.1. The van der Waals surface area contributed by atoms with Crippen LogP contribution in [0.2, 0.25) is 0 Å². The number of rotatable bonds is 2. The maximum atomic E-state index is 9.87. The van der Waals surface area contributed by atoms with Crippen molar-refractivity contribution >= 4 is 18.6 Å². The van der Waals surface area contributed by atoms with Crippen LogP contribution >= 0.6 is 7.81 Å². The molecular formula is C22H26ClF6N4O3PRuS. The minimum atomic E-state index is -10.7. The zero-order valence-electron chi connectivity index (χ0n) is 20.3. The molecule has 0 aliphatic heterocycles. The van der Waals surface area contributed by atoms with Crippen LogP contribution in [0.15, 0.2) is 97.6 Å². The third-order valence-electron chi connectivity index (χ3n) is 3.18. The van der Waals surface area contributed by atoms with Gasteiger partial charge in [0.2, 0.25) is 0 Å². The van der Waals surface area contributed by atoms with Gasteiger partial charge in [-0.15, -0.1) is 0 Å². The van der Waals surface area contributed by atoms with Crippen molar-refractivity contribution in [3.63, 3.8) is 0 Å². The molecule has 4 heterocycles. The van der Waals surface area contributed by atoms with Crippen LogP contribution < -0.4 is 12.4 Å². The Bertz CT molecular complexity index is 1010. The van der Waals surface area contributed by atoms with E-state index in [2.05, 4.69) is 19.9 Å². The molecule has 0 spiro atoms. The molecule has 0 aromatic carbocycles. The molecule has 17 heteroatoms. The van der Waals surface area contributed by atoms with E-state index < -0.39 is 18.6 Å². The Morgan fingerprint density at radius 1 is 0.538 bits per heavy atom. The Morgan fingerprint density at radius 2 is 0.692 bits per heavy atom. The molecule has 0 saturated heterocycles. The maximum Gasteiger partial charge on any atom is 2.00 e. The van der Waals surface area contributed by atoms with E-state index in [4.69, 9.17) is 0 Å². The van der Waals surface area contributed by atoms with Gasteiger partial charge >= 0.3 is 52.5 Å². The first kappa shape index (κ1) is 43.6. The summed E-state index contributed by atoms with van der Waals surface area (Å²) in [5.74, 6) is 0. The van der Waals surface area contributed by atoms with E-state index >= 15 is 0 Å². The molecule has 39 heavy (non-hydrogen) atoms. The van der Waals surface area contributed by atoms with E-state index in [0.29, 0.717) is 0 Å². The van der Waals surface area contributed by atoms with Gasteiger partial charge in [-0.25, -0.2) is 0 Å². The van der Waals surface area contributed by atoms with Crippen molar-refractivity contribution in [2.75, 3.05) is 12.5 Å². The molecule has 0 unspecified atom stereocenters. The van der Waals surface area contributed by atoms with E-state index in [1.54, 1.807) is 37.3 Å². The molecule has 0 atom stereocenters. The number of nitrogens with zero attached hydrogens (tertiary/aromatic N) is 4. The standard InChI is InChI=1S/2C10H8N2.C2H6OS.ClH.F6P.2H2O.Ru/c2*1-3-7-11-9(5-1)10-6-2-4-8-12-10;1-4(2)3;;1-7(2,3,4,5)6;;;/h2*1-8H;1-2H3;1H;;2*1H2;/q;;;;-1;;;+2/p-1. The monoisotopic (exact) mass is 708 g/mol. The number of halogens is 7. The van der Waals surface area contributed by atoms with Gasteiger partial charge in [0.1, 0.15) is 0 Å². The van der Waals surface area contributed by atoms with Crippen LogP contribution in [0.1, 0.15) is 0 Å². The summed E-state index contributed by atoms with van der Waals surface area (Å²) in [5.41, 5.74) is 3.66. The van der Waals surface area contributed by atoms with Crippen molar-refractivity contribution in [1.29, 1.82) is 0 Å². The van der Waals surface area contributed by atoms with E-state index in [0.717, 1.165) is 22.8 Å². The third-order valence-corrected chi connectivity index (χ3v) is 3.18. The fourth-order valence-corrected chi connectivity index (χ4v) is 2.06. The molecule has 4 aromatic rings. The van der Waals surface area contributed by atoms with E-state index in [1.165, 1.54) is 0 Å². The Hall–Kier alpha value is -2.41. The van der Waals surface area contributed by atoms with Crippen LogP contribution in [0.25, 0.3) is 22.8 Å². The molecule has 7 nitrogen and oxygen atoms in total. The van der Waals surface area contributed by atoms with Crippen LogP contribution in [0, 0.1) is 0 Å². The van der Waals surface area contributed by atoms with Crippen LogP contribution in [0.5, 0.6) is 0 Å². The van der Waals surface area contributed by atoms with Crippen molar-refractivity contribution < 1.29 is 72.2 Å². The van der Waals surface area contributed by atoms with Crippen molar-refractivity contribution in [2.24, 2.45) is 0 Å².